The van der Waals surface area contributed by atoms with E-state index in [2.05, 4.69) is 25.3 Å². The van der Waals surface area contributed by atoms with E-state index in [0.29, 0.717) is 8.39 Å². The minimum absolute atomic E-state index is 0.591. The zero-order chi connectivity index (χ0) is 11.7. The predicted molar refractivity (Wildman–Crippen MR) is 85.3 cm³/mol. The summed E-state index contributed by atoms with van der Waals surface area (Å²) in [5, 5.41) is 2.13. The molecule has 2 rings (SSSR count). The molecular formula is C12H8S4. The molecule has 0 aliphatic rings. The maximum absolute atomic E-state index is 5.11. The molecule has 16 heavy (non-hydrogen) atoms. The van der Waals surface area contributed by atoms with Gasteiger partial charge in [-0.25, -0.2) is 0 Å². The Morgan fingerprint density at radius 3 is 1.44 bits per heavy atom. The molecular weight excluding hydrogens is 272 g/mol. The van der Waals surface area contributed by atoms with Gasteiger partial charge < -0.3 is 0 Å². The zero-order valence-electron chi connectivity index (χ0n) is 8.18. The molecule has 0 bridgehead atoms. The van der Waals surface area contributed by atoms with E-state index in [4.69, 9.17) is 24.4 Å². The van der Waals surface area contributed by atoms with Crippen LogP contribution in [-0.2, 0) is 0 Å². The summed E-state index contributed by atoms with van der Waals surface area (Å²) in [6.07, 6.45) is 0. The van der Waals surface area contributed by atoms with E-state index in [-0.39, 0.29) is 0 Å². The Kier molecular flexibility index (Phi) is 3.64. The summed E-state index contributed by atoms with van der Waals surface area (Å²) in [6.45, 7) is 0. The number of thiol groups is 2. The molecule has 0 unspecified atom stereocenters. The molecule has 0 heterocycles. The second-order valence-corrected chi connectivity index (χ2v) is 5.63. The average Bonchev–Trinajstić information content (AvgIpc) is 2.27. The number of hydrogen-bond acceptors (Lipinski definition) is 2. The number of thiocarbonyl (C=S) groups is 2. The highest BCUT2D eigenvalue weighted by atomic mass is 32.1. The van der Waals surface area contributed by atoms with Gasteiger partial charge in [-0.15, -0.1) is 25.3 Å². The topological polar surface area (TPSA) is 0 Å². The molecule has 0 radical (unpaired) electrons. The fraction of sp³-hybridized carbons (Fsp3) is 0. The molecule has 4 heteroatoms. The minimum Gasteiger partial charge on any atom is -0.131 e. The van der Waals surface area contributed by atoms with Crippen molar-refractivity contribution in [3.05, 3.63) is 47.5 Å². The summed E-state index contributed by atoms with van der Waals surface area (Å²) in [5.74, 6) is 0. The molecule has 80 valence electrons. The Morgan fingerprint density at radius 2 is 1.12 bits per heavy atom. The molecule has 0 spiro atoms. The van der Waals surface area contributed by atoms with Crippen molar-refractivity contribution >= 4 is 68.9 Å². The highest BCUT2D eigenvalue weighted by molar-refractivity contribution is 8.12. The number of rotatable bonds is 2. The first-order valence-corrected chi connectivity index (χ1v) is 6.30. The van der Waals surface area contributed by atoms with Crippen LogP contribution in [0.3, 0.4) is 0 Å². The van der Waals surface area contributed by atoms with Gasteiger partial charge in [0, 0.05) is 11.1 Å². The molecule has 0 fully saturated rings. The van der Waals surface area contributed by atoms with Gasteiger partial charge in [-0.05, 0) is 10.8 Å². The molecule has 0 saturated heterocycles. The molecule has 2 aromatic rings. The Morgan fingerprint density at radius 1 is 0.750 bits per heavy atom. The molecule has 0 saturated carbocycles. The second-order valence-electron chi connectivity index (χ2n) is 3.32. The van der Waals surface area contributed by atoms with Gasteiger partial charge in [0.2, 0.25) is 0 Å². The van der Waals surface area contributed by atoms with Gasteiger partial charge >= 0.3 is 0 Å². The summed E-state index contributed by atoms with van der Waals surface area (Å²) in [5.41, 5.74) is 1.92. The lowest BCUT2D eigenvalue weighted by molar-refractivity contribution is 1.71. The first kappa shape index (κ1) is 12.0. The molecule has 0 atom stereocenters. The van der Waals surface area contributed by atoms with E-state index in [1.165, 1.54) is 0 Å². The van der Waals surface area contributed by atoms with Crippen molar-refractivity contribution in [3.63, 3.8) is 0 Å². The Bertz CT molecular complexity index is 534. The van der Waals surface area contributed by atoms with E-state index in [1.54, 1.807) is 0 Å². The number of hydrogen-bond donors (Lipinski definition) is 2. The normalized spacial score (nSPS) is 10.4. The van der Waals surface area contributed by atoms with Crippen molar-refractivity contribution in [1.82, 2.24) is 0 Å². The van der Waals surface area contributed by atoms with Crippen LogP contribution in [0.5, 0.6) is 0 Å². The van der Waals surface area contributed by atoms with Crippen LogP contribution < -0.4 is 0 Å². The minimum atomic E-state index is 0.591. The fourth-order valence-corrected chi connectivity index (χ4v) is 2.42. The van der Waals surface area contributed by atoms with Crippen LogP contribution in [0.1, 0.15) is 11.1 Å². The highest BCUT2D eigenvalue weighted by Crippen LogP contribution is 2.25. The first-order valence-electron chi connectivity index (χ1n) is 4.59. The van der Waals surface area contributed by atoms with Crippen molar-refractivity contribution in [2.75, 3.05) is 0 Å². The van der Waals surface area contributed by atoms with Gasteiger partial charge in [-0.2, -0.15) is 0 Å². The van der Waals surface area contributed by atoms with Crippen LogP contribution in [0.4, 0.5) is 0 Å². The largest absolute Gasteiger partial charge is 0.131 e. The van der Waals surface area contributed by atoms with Crippen molar-refractivity contribution in [2.24, 2.45) is 0 Å². The molecule has 0 aliphatic heterocycles. The van der Waals surface area contributed by atoms with Crippen LogP contribution in [0, 0.1) is 0 Å². The van der Waals surface area contributed by atoms with Crippen LogP contribution in [-0.4, -0.2) is 8.39 Å². The second kappa shape index (κ2) is 4.84. The van der Waals surface area contributed by atoms with Crippen LogP contribution in [0.15, 0.2) is 36.4 Å². The lowest BCUT2D eigenvalue weighted by Crippen LogP contribution is -1.95. The lowest BCUT2D eigenvalue weighted by atomic mass is 10.0. The summed E-state index contributed by atoms with van der Waals surface area (Å²) in [4.78, 5) is 0. The van der Waals surface area contributed by atoms with Crippen LogP contribution >= 0.6 is 49.7 Å². The monoisotopic (exact) mass is 280 g/mol. The molecule has 0 N–H and O–H groups in total. The first-order chi connectivity index (χ1) is 7.61. The third-order valence-corrected chi connectivity index (χ3v) is 3.31. The van der Waals surface area contributed by atoms with E-state index >= 15 is 0 Å². The van der Waals surface area contributed by atoms with Crippen LogP contribution in [0.2, 0.25) is 0 Å². The summed E-state index contributed by atoms with van der Waals surface area (Å²) >= 11 is 18.7. The molecule has 2 aromatic carbocycles. The van der Waals surface area contributed by atoms with Gasteiger partial charge in [0.25, 0.3) is 0 Å². The SMILES string of the molecule is S=C(S)c1ccc(C(=S)S)c2ccccc12. The van der Waals surface area contributed by atoms with E-state index in [9.17, 15) is 0 Å². The third kappa shape index (κ3) is 2.15. The highest BCUT2D eigenvalue weighted by Gasteiger charge is 2.08. The summed E-state index contributed by atoms with van der Waals surface area (Å²) in [6, 6.07) is 11.9. The number of fused-ring (bicyclic) bond motifs is 1. The fourth-order valence-electron chi connectivity index (χ4n) is 1.67. The van der Waals surface area contributed by atoms with Gasteiger partial charge in [-0.1, -0.05) is 60.8 Å². The van der Waals surface area contributed by atoms with Crippen LogP contribution in [0.25, 0.3) is 10.8 Å². The molecule has 0 aromatic heterocycles. The van der Waals surface area contributed by atoms with Gasteiger partial charge in [-0.3, -0.25) is 0 Å². The molecule has 0 amide bonds. The Hall–Kier alpha value is -0.420. The van der Waals surface area contributed by atoms with E-state index in [1.807, 2.05) is 36.4 Å². The maximum atomic E-state index is 5.11. The van der Waals surface area contributed by atoms with Gasteiger partial charge in [0.15, 0.2) is 0 Å². The quantitative estimate of drug-likeness (QED) is 0.629. The third-order valence-electron chi connectivity index (χ3n) is 2.38. The van der Waals surface area contributed by atoms with Crippen molar-refractivity contribution in [3.8, 4) is 0 Å². The van der Waals surface area contributed by atoms with Crippen molar-refractivity contribution in [1.29, 1.82) is 0 Å². The van der Waals surface area contributed by atoms with E-state index in [0.717, 1.165) is 21.9 Å². The van der Waals surface area contributed by atoms with E-state index < -0.39 is 0 Å². The Labute approximate surface area is 116 Å². The number of benzene rings is 2. The molecule has 0 nitrogen and oxygen atoms in total. The van der Waals surface area contributed by atoms with Gasteiger partial charge in [0.1, 0.15) is 0 Å². The zero-order valence-corrected chi connectivity index (χ0v) is 11.6. The predicted octanol–water partition coefficient (Wildman–Crippen LogP) is 4.05. The standard InChI is InChI=1S/C12H8S4/c13-11(14)9-5-6-10(12(15)16)8-4-2-1-3-7(8)9/h1-6H,(H,13,14)(H,15,16). The molecule has 0 aliphatic carbocycles. The summed E-state index contributed by atoms with van der Waals surface area (Å²) < 4.78 is 1.18. The van der Waals surface area contributed by atoms with Crippen molar-refractivity contribution in [2.45, 2.75) is 0 Å². The van der Waals surface area contributed by atoms with Gasteiger partial charge in [0.05, 0.1) is 8.39 Å². The summed E-state index contributed by atoms with van der Waals surface area (Å²) in [7, 11) is 0. The van der Waals surface area contributed by atoms with Crippen molar-refractivity contribution < 1.29 is 0 Å². The average molecular weight is 280 g/mol. The lowest BCUT2D eigenvalue weighted by Gasteiger charge is -2.08. The maximum Gasteiger partial charge on any atom is 0.0754 e. The smallest absolute Gasteiger partial charge is 0.0754 e. The Balaban J connectivity index is 2.87.